The highest BCUT2D eigenvalue weighted by molar-refractivity contribution is 5.64. The fraction of sp³-hybridized carbons (Fsp3) is 0.400. The normalized spacial score (nSPS) is 17.9. The number of aliphatic hydroxyl groups excluding tert-OH is 1. The van der Waals surface area contributed by atoms with Crippen LogP contribution in [0.25, 0.3) is 22.6 Å². The van der Waals surface area contributed by atoms with Crippen molar-refractivity contribution in [2.45, 2.75) is 26.3 Å². The van der Waals surface area contributed by atoms with E-state index < -0.39 is 0 Å². The second-order valence-electron chi connectivity index (χ2n) is 7.00. The number of hydrogen-bond acceptors (Lipinski definition) is 7. The van der Waals surface area contributed by atoms with E-state index in [1.165, 1.54) is 0 Å². The first-order valence-corrected chi connectivity index (χ1v) is 9.27. The number of likely N-dealkylation sites (tertiary alicyclic amines) is 1. The van der Waals surface area contributed by atoms with Crippen molar-refractivity contribution in [1.29, 1.82) is 0 Å². The zero-order valence-electron chi connectivity index (χ0n) is 15.4. The molecule has 7 nitrogen and oxygen atoms in total. The predicted molar refractivity (Wildman–Crippen MR) is 101 cm³/mol. The monoisotopic (exact) mass is 365 g/mol. The molecule has 1 aliphatic heterocycles. The Morgan fingerprint density at radius 1 is 1.15 bits per heavy atom. The first-order valence-electron chi connectivity index (χ1n) is 9.27. The van der Waals surface area contributed by atoms with Gasteiger partial charge in [0.1, 0.15) is 5.82 Å². The third-order valence-electron chi connectivity index (χ3n) is 4.90. The van der Waals surface area contributed by atoms with Gasteiger partial charge in [0.2, 0.25) is 11.7 Å². The van der Waals surface area contributed by atoms with Gasteiger partial charge >= 0.3 is 0 Å². The van der Waals surface area contributed by atoms with Gasteiger partial charge in [-0.15, -0.1) is 0 Å². The molecule has 1 aromatic carbocycles. The molecule has 1 N–H and O–H groups in total. The van der Waals surface area contributed by atoms with Crippen molar-refractivity contribution < 1.29 is 9.63 Å². The number of aliphatic hydroxyl groups is 1. The summed E-state index contributed by atoms with van der Waals surface area (Å²) in [5.74, 6) is 2.30. The van der Waals surface area contributed by atoms with Gasteiger partial charge in [-0.25, -0.2) is 9.97 Å². The summed E-state index contributed by atoms with van der Waals surface area (Å²) in [6.07, 6.45) is 3.94. The van der Waals surface area contributed by atoms with Gasteiger partial charge in [-0.3, -0.25) is 4.90 Å². The van der Waals surface area contributed by atoms with Crippen molar-refractivity contribution >= 4 is 0 Å². The SMILES string of the molecule is Cc1nccc(-c2ccc(-c3noc(CN4CCC[C@H](CO)C4)n3)cc2)n1. The summed E-state index contributed by atoms with van der Waals surface area (Å²) in [6.45, 7) is 4.62. The second-order valence-corrected chi connectivity index (χ2v) is 7.00. The molecule has 1 aliphatic rings. The molecular weight excluding hydrogens is 342 g/mol. The molecule has 3 aromatic rings. The molecule has 0 aliphatic carbocycles. The van der Waals surface area contributed by atoms with E-state index in [0.29, 0.717) is 24.2 Å². The summed E-state index contributed by atoms with van der Waals surface area (Å²) in [4.78, 5) is 15.4. The number of aryl methyl sites for hydroxylation is 1. The highest BCUT2D eigenvalue weighted by Crippen LogP contribution is 2.23. The number of benzene rings is 1. The third-order valence-corrected chi connectivity index (χ3v) is 4.90. The van der Waals surface area contributed by atoms with Crippen LogP contribution in [0.2, 0.25) is 0 Å². The Labute approximate surface area is 158 Å². The minimum atomic E-state index is 0.240. The van der Waals surface area contributed by atoms with E-state index in [4.69, 9.17) is 4.52 Å². The van der Waals surface area contributed by atoms with Gasteiger partial charge in [0, 0.05) is 30.5 Å². The summed E-state index contributed by atoms with van der Waals surface area (Å²) in [7, 11) is 0. The Balaban J connectivity index is 1.45. The molecule has 0 radical (unpaired) electrons. The fourth-order valence-electron chi connectivity index (χ4n) is 3.48. The van der Waals surface area contributed by atoms with Crippen LogP contribution in [0.15, 0.2) is 41.1 Å². The molecule has 27 heavy (non-hydrogen) atoms. The van der Waals surface area contributed by atoms with Crippen LogP contribution in [-0.2, 0) is 6.54 Å². The molecule has 0 unspecified atom stereocenters. The average molecular weight is 365 g/mol. The quantitative estimate of drug-likeness (QED) is 0.743. The van der Waals surface area contributed by atoms with E-state index in [9.17, 15) is 5.11 Å². The predicted octanol–water partition coefficient (Wildman–Crippen LogP) is 2.71. The number of hydrogen-bond donors (Lipinski definition) is 1. The Morgan fingerprint density at radius 3 is 2.74 bits per heavy atom. The van der Waals surface area contributed by atoms with Crippen molar-refractivity contribution in [1.82, 2.24) is 25.0 Å². The van der Waals surface area contributed by atoms with Crippen molar-refractivity contribution in [3.63, 3.8) is 0 Å². The molecule has 1 saturated heterocycles. The van der Waals surface area contributed by atoms with Crippen LogP contribution in [0.1, 0.15) is 24.6 Å². The number of rotatable bonds is 5. The lowest BCUT2D eigenvalue weighted by Crippen LogP contribution is -2.36. The molecule has 0 spiro atoms. The van der Waals surface area contributed by atoms with E-state index >= 15 is 0 Å². The zero-order chi connectivity index (χ0) is 18.6. The number of nitrogens with zero attached hydrogens (tertiary/aromatic N) is 5. The third kappa shape index (κ3) is 4.20. The standard InChI is InChI=1S/C20H23N5O2/c1-14-21-9-8-18(22-14)16-4-6-17(7-5-16)20-23-19(27-24-20)12-25-10-2-3-15(11-25)13-26/h4-9,15,26H,2-3,10-13H2,1H3/t15-/m0/s1. The first kappa shape index (κ1) is 17.8. The van der Waals surface area contributed by atoms with Crippen LogP contribution < -0.4 is 0 Å². The lowest BCUT2D eigenvalue weighted by molar-refractivity contribution is 0.107. The van der Waals surface area contributed by atoms with E-state index in [1.807, 2.05) is 37.3 Å². The average Bonchev–Trinajstić information content (AvgIpc) is 3.17. The molecule has 3 heterocycles. The van der Waals surface area contributed by atoms with Gasteiger partial charge in [-0.2, -0.15) is 4.98 Å². The fourth-order valence-corrected chi connectivity index (χ4v) is 3.48. The maximum atomic E-state index is 9.36. The molecule has 7 heteroatoms. The number of piperidine rings is 1. The smallest absolute Gasteiger partial charge is 0.241 e. The van der Waals surface area contributed by atoms with Crippen molar-refractivity contribution in [2.24, 2.45) is 5.92 Å². The zero-order valence-corrected chi connectivity index (χ0v) is 15.4. The summed E-state index contributed by atoms with van der Waals surface area (Å²) in [5, 5.41) is 13.5. The topological polar surface area (TPSA) is 88.2 Å². The summed E-state index contributed by atoms with van der Waals surface area (Å²) in [6, 6.07) is 9.86. The Bertz CT molecular complexity index is 893. The molecule has 140 valence electrons. The molecule has 4 rings (SSSR count). The number of aromatic nitrogens is 4. The van der Waals surface area contributed by atoms with Crippen LogP contribution in [0, 0.1) is 12.8 Å². The molecule has 0 bridgehead atoms. The van der Waals surface area contributed by atoms with E-state index in [-0.39, 0.29) is 6.61 Å². The largest absolute Gasteiger partial charge is 0.396 e. The molecular formula is C20H23N5O2. The van der Waals surface area contributed by atoms with Gasteiger partial charge in [-0.05, 0) is 38.3 Å². The summed E-state index contributed by atoms with van der Waals surface area (Å²) in [5.41, 5.74) is 2.83. The minimum absolute atomic E-state index is 0.240. The van der Waals surface area contributed by atoms with Gasteiger partial charge in [0.05, 0.1) is 12.2 Å². The van der Waals surface area contributed by atoms with Crippen molar-refractivity contribution in [2.75, 3.05) is 19.7 Å². The molecule has 0 amide bonds. The summed E-state index contributed by atoms with van der Waals surface area (Å²) >= 11 is 0. The second kappa shape index (κ2) is 7.94. The van der Waals surface area contributed by atoms with E-state index in [0.717, 1.165) is 48.6 Å². The van der Waals surface area contributed by atoms with Crippen molar-refractivity contribution in [3.8, 4) is 22.6 Å². The van der Waals surface area contributed by atoms with Crippen molar-refractivity contribution in [3.05, 3.63) is 48.2 Å². The van der Waals surface area contributed by atoms with Gasteiger partial charge in [0.15, 0.2) is 0 Å². The Hall–Kier alpha value is -2.64. The minimum Gasteiger partial charge on any atom is -0.396 e. The molecule has 0 saturated carbocycles. The highest BCUT2D eigenvalue weighted by atomic mass is 16.5. The van der Waals surface area contributed by atoms with Crippen LogP contribution in [0.4, 0.5) is 0 Å². The molecule has 1 fully saturated rings. The van der Waals surface area contributed by atoms with Crippen LogP contribution in [0.3, 0.4) is 0 Å². The lowest BCUT2D eigenvalue weighted by atomic mass is 9.99. The maximum absolute atomic E-state index is 9.36. The highest BCUT2D eigenvalue weighted by Gasteiger charge is 2.21. The Morgan fingerprint density at radius 2 is 1.96 bits per heavy atom. The van der Waals surface area contributed by atoms with Crippen LogP contribution >= 0.6 is 0 Å². The van der Waals surface area contributed by atoms with Gasteiger partial charge in [-0.1, -0.05) is 29.4 Å². The molecule has 1 atom stereocenters. The lowest BCUT2D eigenvalue weighted by Gasteiger charge is -2.30. The Kier molecular flexibility index (Phi) is 5.22. The first-order chi connectivity index (χ1) is 13.2. The van der Waals surface area contributed by atoms with Crippen LogP contribution in [0.5, 0.6) is 0 Å². The summed E-state index contributed by atoms with van der Waals surface area (Å²) < 4.78 is 5.44. The maximum Gasteiger partial charge on any atom is 0.241 e. The van der Waals surface area contributed by atoms with E-state index in [2.05, 4.69) is 25.0 Å². The van der Waals surface area contributed by atoms with E-state index in [1.54, 1.807) is 6.20 Å². The van der Waals surface area contributed by atoms with Crippen LogP contribution in [-0.4, -0.2) is 49.8 Å². The van der Waals surface area contributed by atoms with Gasteiger partial charge in [0.25, 0.3) is 0 Å². The van der Waals surface area contributed by atoms with Gasteiger partial charge < -0.3 is 9.63 Å². The molecule has 2 aromatic heterocycles.